The van der Waals surface area contributed by atoms with Crippen molar-refractivity contribution in [3.05, 3.63) is 46.8 Å². The number of hydrogen-bond donors (Lipinski definition) is 2. The molecule has 0 spiro atoms. The summed E-state index contributed by atoms with van der Waals surface area (Å²) in [7, 11) is 0. The standard InChI is InChI=1S/C18H25N3O2S/c1-12(2)20-17(23)9-21-16(10-22)8-19-18(21)24-11-15-7-13(3)5-6-14(15)4/h5-8,12,22H,9-11H2,1-4H3,(H,20,23). The lowest BCUT2D eigenvalue weighted by Gasteiger charge is -2.13. The van der Waals surface area contributed by atoms with Crippen LogP contribution in [0.5, 0.6) is 0 Å². The van der Waals surface area contributed by atoms with Crippen molar-refractivity contribution in [2.24, 2.45) is 0 Å². The average Bonchev–Trinajstić information content (AvgIpc) is 2.89. The number of benzene rings is 1. The van der Waals surface area contributed by atoms with E-state index in [0.29, 0.717) is 5.69 Å². The molecule has 0 saturated heterocycles. The summed E-state index contributed by atoms with van der Waals surface area (Å²) in [6, 6.07) is 6.48. The van der Waals surface area contributed by atoms with Gasteiger partial charge in [-0.1, -0.05) is 35.5 Å². The van der Waals surface area contributed by atoms with Gasteiger partial charge in [-0.05, 0) is 38.8 Å². The highest BCUT2D eigenvalue weighted by atomic mass is 32.2. The van der Waals surface area contributed by atoms with Crippen molar-refractivity contribution in [3.8, 4) is 0 Å². The van der Waals surface area contributed by atoms with E-state index in [2.05, 4.69) is 42.3 Å². The Balaban J connectivity index is 2.14. The van der Waals surface area contributed by atoms with Gasteiger partial charge in [0.15, 0.2) is 5.16 Å². The van der Waals surface area contributed by atoms with Crippen molar-refractivity contribution in [1.82, 2.24) is 14.9 Å². The minimum absolute atomic E-state index is 0.0775. The van der Waals surface area contributed by atoms with Crippen LogP contribution in [0.25, 0.3) is 0 Å². The van der Waals surface area contributed by atoms with E-state index < -0.39 is 0 Å². The second kappa shape index (κ2) is 8.35. The van der Waals surface area contributed by atoms with Crippen LogP contribution in [0, 0.1) is 13.8 Å². The number of hydrogen-bond acceptors (Lipinski definition) is 4. The number of imidazole rings is 1. The zero-order chi connectivity index (χ0) is 17.7. The lowest BCUT2D eigenvalue weighted by atomic mass is 10.1. The molecule has 0 aliphatic rings. The van der Waals surface area contributed by atoms with E-state index >= 15 is 0 Å². The van der Waals surface area contributed by atoms with Crippen molar-refractivity contribution in [3.63, 3.8) is 0 Å². The largest absolute Gasteiger partial charge is 0.390 e. The second-order valence-corrected chi connectivity index (χ2v) is 7.16. The van der Waals surface area contributed by atoms with Gasteiger partial charge in [0.1, 0.15) is 6.54 Å². The number of aryl methyl sites for hydroxylation is 2. The highest BCUT2D eigenvalue weighted by molar-refractivity contribution is 7.98. The van der Waals surface area contributed by atoms with Gasteiger partial charge in [-0.2, -0.15) is 0 Å². The van der Waals surface area contributed by atoms with E-state index in [1.165, 1.54) is 16.7 Å². The number of thioether (sulfide) groups is 1. The Kier molecular flexibility index (Phi) is 6.45. The lowest BCUT2D eigenvalue weighted by molar-refractivity contribution is -0.122. The van der Waals surface area contributed by atoms with Crippen LogP contribution in [0.2, 0.25) is 0 Å². The first-order chi connectivity index (χ1) is 11.4. The van der Waals surface area contributed by atoms with E-state index in [1.807, 2.05) is 13.8 Å². The number of nitrogens with zero attached hydrogens (tertiary/aromatic N) is 2. The summed E-state index contributed by atoms with van der Waals surface area (Å²) in [4.78, 5) is 16.4. The monoisotopic (exact) mass is 347 g/mol. The third-order valence-electron chi connectivity index (χ3n) is 3.68. The molecule has 0 bridgehead atoms. The Morgan fingerprint density at radius 3 is 2.79 bits per heavy atom. The molecule has 130 valence electrons. The maximum absolute atomic E-state index is 12.1. The Morgan fingerprint density at radius 2 is 2.12 bits per heavy atom. The fourth-order valence-electron chi connectivity index (χ4n) is 2.41. The molecular weight excluding hydrogens is 322 g/mol. The summed E-state index contributed by atoms with van der Waals surface area (Å²) < 4.78 is 1.79. The molecule has 0 radical (unpaired) electrons. The third-order valence-corrected chi connectivity index (χ3v) is 4.72. The number of rotatable bonds is 7. The van der Waals surface area contributed by atoms with Crippen molar-refractivity contribution in [2.45, 2.75) is 57.8 Å². The van der Waals surface area contributed by atoms with Crippen LogP contribution in [0.3, 0.4) is 0 Å². The molecule has 5 nitrogen and oxygen atoms in total. The number of amides is 1. The first-order valence-corrected chi connectivity index (χ1v) is 9.02. The SMILES string of the molecule is Cc1ccc(C)c(CSc2ncc(CO)n2CC(=O)NC(C)C)c1. The molecule has 0 atom stereocenters. The van der Waals surface area contributed by atoms with E-state index in [-0.39, 0.29) is 25.1 Å². The fourth-order valence-corrected chi connectivity index (χ4v) is 3.47. The average molecular weight is 347 g/mol. The van der Waals surface area contributed by atoms with Crippen molar-refractivity contribution in [2.75, 3.05) is 0 Å². The highest BCUT2D eigenvalue weighted by Crippen LogP contribution is 2.25. The summed E-state index contributed by atoms with van der Waals surface area (Å²) in [5.74, 6) is 0.701. The van der Waals surface area contributed by atoms with Gasteiger partial charge in [-0.25, -0.2) is 4.98 Å². The number of aliphatic hydroxyl groups excluding tert-OH is 1. The van der Waals surface area contributed by atoms with Gasteiger partial charge in [0.25, 0.3) is 0 Å². The number of carbonyl (C=O) groups excluding carboxylic acids is 1. The summed E-state index contributed by atoms with van der Waals surface area (Å²) in [6.45, 7) is 8.06. The van der Waals surface area contributed by atoms with Crippen LogP contribution in [0.4, 0.5) is 0 Å². The minimum atomic E-state index is -0.133. The van der Waals surface area contributed by atoms with E-state index in [1.54, 1.807) is 22.5 Å². The van der Waals surface area contributed by atoms with E-state index in [0.717, 1.165) is 10.9 Å². The molecular formula is C18H25N3O2S. The Morgan fingerprint density at radius 1 is 1.38 bits per heavy atom. The number of aromatic nitrogens is 2. The number of carbonyl (C=O) groups is 1. The van der Waals surface area contributed by atoms with Crippen LogP contribution < -0.4 is 5.32 Å². The highest BCUT2D eigenvalue weighted by Gasteiger charge is 2.14. The maximum Gasteiger partial charge on any atom is 0.240 e. The summed E-state index contributed by atoms with van der Waals surface area (Å²) >= 11 is 1.58. The normalized spacial score (nSPS) is 11.1. The first kappa shape index (κ1) is 18.5. The van der Waals surface area contributed by atoms with Gasteiger partial charge >= 0.3 is 0 Å². The van der Waals surface area contributed by atoms with Crippen LogP contribution >= 0.6 is 11.8 Å². The zero-order valence-electron chi connectivity index (χ0n) is 14.7. The molecule has 0 aliphatic carbocycles. The van der Waals surface area contributed by atoms with Gasteiger partial charge in [0.2, 0.25) is 5.91 Å². The molecule has 1 heterocycles. The molecule has 0 unspecified atom stereocenters. The van der Waals surface area contributed by atoms with Crippen molar-refractivity contribution in [1.29, 1.82) is 0 Å². The zero-order valence-corrected chi connectivity index (χ0v) is 15.5. The molecule has 2 aromatic rings. The van der Waals surface area contributed by atoms with Gasteiger partial charge in [-0.15, -0.1) is 0 Å². The second-order valence-electron chi connectivity index (χ2n) is 6.22. The molecule has 0 saturated carbocycles. The minimum Gasteiger partial charge on any atom is -0.390 e. The molecule has 1 amide bonds. The first-order valence-electron chi connectivity index (χ1n) is 8.04. The van der Waals surface area contributed by atoms with Crippen molar-refractivity contribution < 1.29 is 9.90 Å². The van der Waals surface area contributed by atoms with E-state index in [9.17, 15) is 9.90 Å². The molecule has 2 rings (SSSR count). The van der Waals surface area contributed by atoms with Gasteiger partial charge < -0.3 is 15.0 Å². The predicted octanol–water partition coefficient (Wildman–Crippen LogP) is 2.81. The van der Waals surface area contributed by atoms with Crippen LogP contribution in [-0.4, -0.2) is 26.6 Å². The molecule has 0 aliphatic heterocycles. The summed E-state index contributed by atoms with van der Waals surface area (Å²) in [5, 5.41) is 13.1. The number of aliphatic hydroxyl groups is 1. The smallest absolute Gasteiger partial charge is 0.240 e. The van der Waals surface area contributed by atoms with Crippen LogP contribution in [0.15, 0.2) is 29.6 Å². The quantitative estimate of drug-likeness (QED) is 0.756. The maximum atomic E-state index is 12.1. The molecule has 6 heteroatoms. The summed E-state index contributed by atoms with van der Waals surface area (Å²) in [6.07, 6.45) is 1.63. The molecule has 2 N–H and O–H groups in total. The van der Waals surface area contributed by atoms with Crippen LogP contribution in [-0.2, 0) is 23.7 Å². The Labute approximate surface area is 147 Å². The predicted molar refractivity (Wildman–Crippen MR) is 96.9 cm³/mol. The fraction of sp³-hybridized carbons (Fsp3) is 0.444. The van der Waals surface area contributed by atoms with Gasteiger partial charge in [-0.3, -0.25) is 4.79 Å². The molecule has 1 aromatic heterocycles. The topological polar surface area (TPSA) is 67.2 Å². The molecule has 0 fully saturated rings. The van der Waals surface area contributed by atoms with E-state index in [4.69, 9.17) is 0 Å². The van der Waals surface area contributed by atoms with Crippen LogP contribution in [0.1, 0.15) is 36.2 Å². The van der Waals surface area contributed by atoms with Crippen molar-refractivity contribution >= 4 is 17.7 Å². The number of nitrogens with one attached hydrogen (secondary N) is 1. The third kappa shape index (κ3) is 4.85. The van der Waals surface area contributed by atoms with Gasteiger partial charge in [0, 0.05) is 11.8 Å². The molecule has 1 aromatic carbocycles. The van der Waals surface area contributed by atoms with Gasteiger partial charge in [0.05, 0.1) is 18.5 Å². The lowest BCUT2D eigenvalue weighted by Crippen LogP contribution is -2.33. The Hall–Kier alpha value is -1.79. The Bertz CT molecular complexity index is 710. The molecule has 24 heavy (non-hydrogen) atoms. The summed E-state index contributed by atoms with van der Waals surface area (Å²) in [5.41, 5.74) is 4.38.